The Balaban J connectivity index is 2.87. The number of hydrogen-bond acceptors (Lipinski definition) is 2. The molecule has 12 heavy (non-hydrogen) atoms. The Morgan fingerprint density at radius 3 is 3.00 bits per heavy atom. The highest BCUT2D eigenvalue weighted by atomic mass is 19.1. The fourth-order valence-electron chi connectivity index (χ4n) is 0.936. The van der Waals surface area contributed by atoms with Crippen molar-refractivity contribution in [3.05, 3.63) is 29.8 Å². The number of aromatic nitrogens is 1. The van der Waals surface area contributed by atoms with E-state index in [1.807, 2.05) is 6.92 Å². The smallest absolute Gasteiger partial charge is 0.184 e. The van der Waals surface area contributed by atoms with Gasteiger partial charge in [-0.3, -0.25) is 9.78 Å². The van der Waals surface area contributed by atoms with E-state index in [0.29, 0.717) is 6.42 Å². The predicted octanol–water partition coefficient (Wildman–Crippen LogP) is 2.20. The van der Waals surface area contributed by atoms with Gasteiger partial charge in [-0.1, -0.05) is 6.92 Å². The first-order chi connectivity index (χ1) is 5.75. The third-order valence-corrected chi connectivity index (χ3v) is 1.50. The zero-order valence-corrected chi connectivity index (χ0v) is 6.88. The first-order valence-electron chi connectivity index (χ1n) is 3.89. The maximum absolute atomic E-state index is 12.9. The van der Waals surface area contributed by atoms with E-state index in [0.717, 1.165) is 6.42 Å². The van der Waals surface area contributed by atoms with Crippen molar-refractivity contribution in [3.8, 4) is 0 Å². The van der Waals surface area contributed by atoms with E-state index in [-0.39, 0.29) is 11.5 Å². The molecule has 3 heteroatoms. The number of carbonyl (C=O) groups is 1. The third-order valence-electron chi connectivity index (χ3n) is 1.50. The molecule has 0 aliphatic heterocycles. The first kappa shape index (κ1) is 8.84. The number of ketones is 1. The van der Waals surface area contributed by atoms with Gasteiger partial charge in [0.2, 0.25) is 0 Å². The highest BCUT2D eigenvalue weighted by molar-refractivity contribution is 5.94. The molecule has 0 bridgehead atoms. The average molecular weight is 167 g/mol. The molecule has 1 rings (SSSR count). The van der Waals surface area contributed by atoms with Crippen LogP contribution in [0.5, 0.6) is 0 Å². The maximum atomic E-state index is 12.9. The second kappa shape index (κ2) is 3.95. The molecule has 0 aliphatic rings. The summed E-state index contributed by atoms with van der Waals surface area (Å²) in [4.78, 5) is 14.8. The van der Waals surface area contributed by atoms with E-state index in [1.165, 1.54) is 18.3 Å². The SMILES string of the molecule is CCCC(=O)c1ncccc1F. The van der Waals surface area contributed by atoms with Crippen LogP contribution in [-0.4, -0.2) is 10.8 Å². The third kappa shape index (κ3) is 1.87. The van der Waals surface area contributed by atoms with Crippen molar-refractivity contribution in [2.24, 2.45) is 0 Å². The molecule has 0 unspecified atom stereocenters. The molecule has 2 nitrogen and oxygen atoms in total. The Morgan fingerprint density at radius 1 is 1.67 bits per heavy atom. The Bertz CT molecular complexity index is 286. The molecule has 0 fully saturated rings. The maximum Gasteiger partial charge on any atom is 0.184 e. The Kier molecular flexibility index (Phi) is 2.91. The largest absolute Gasteiger partial charge is 0.292 e. The number of pyridine rings is 1. The summed E-state index contributed by atoms with van der Waals surface area (Å²) in [6.45, 7) is 1.87. The van der Waals surface area contributed by atoms with Gasteiger partial charge >= 0.3 is 0 Å². The highest BCUT2D eigenvalue weighted by Crippen LogP contribution is 2.06. The molecule has 0 aromatic carbocycles. The topological polar surface area (TPSA) is 30.0 Å². The van der Waals surface area contributed by atoms with Gasteiger partial charge < -0.3 is 0 Å². The van der Waals surface area contributed by atoms with Gasteiger partial charge in [-0.25, -0.2) is 4.39 Å². The molecule has 0 atom stereocenters. The summed E-state index contributed by atoms with van der Waals surface area (Å²) in [6.07, 6.45) is 2.49. The van der Waals surface area contributed by atoms with Crippen molar-refractivity contribution >= 4 is 5.78 Å². The van der Waals surface area contributed by atoms with Gasteiger partial charge in [-0.15, -0.1) is 0 Å². The Labute approximate surface area is 70.4 Å². The molecule has 1 aromatic rings. The number of Topliss-reactive ketones (excluding diaryl/α,β-unsaturated/α-hetero) is 1. The lowest BCUT2D eigenvalue weighted by Crippen LogP contribution is -2.04. The number of carbonyl (C=O) groups excluding carboxylic acids is 1. The summed E-state index contributed by atoms with van der Waals surface area (Å²) in [5.41, 5.74) is -0.0423. The summed E-state index contributed by atoms with van der Waals surface area (Å²) in [7, 11) is 0. The van der Waals surface area contributed by atoms with Crippen LogP contribution in [0.2, 0.25) is 0 Å². The number of hydrogen-bond donors (Lipinski definition) is 0. The lowest BCUT2D eigenvalue weighted by Gasteiger charge is -1.97. The quantitative estimate of drug-likeness (QED) is 0.646. The van der Waals surface area contributed by atoms with E-state index < -0.39 is 5.82 Å². The minimum atomic E-state index is -0.532. The monoisotopic (exact) mass is 167 g/mol. The molecule has 0 saturated heterocycles. The molecule has 1 aromatic heterocycles. The summed E-state index contributed by atoms with van der Waals surface area (Å²) in [5, 5.41) is 0. The minimum Gasteiger partial charge on any atom is -0.292 e. The van der Waals surface area contributed by atoms with E-state index in [2.05, 4.69) is 4.98 Å². The Hall–Kier alpha value is -1.25. The van der Waals surface area contributed by atoms with Crippen molar-refractivity contribution in [2.75, 3.05) is 0 Å². The van der Waals surface area contributed by atoms with Crippen LogP contribution in [0.3, 0.4) is 0 Å². The minimum absolute atomic E-state index is 0.0423. The van der Waals surface area contributed by atoms with Gasteiger partial charge in [-0.05, 0) is 18.6 Å². The van der Waals surface area contributed by atoms with E-state index in [9.17, 15) is 9.18 Å². The van der Waals surface area contributed by atoms with Crippen LogP contribution in [0.15, 0.2) is 18.3 Å². The molecular weight excluding hydrogens is 157 g/mol. The van der Waals surface area contributed by atoms with Crippen LogP contribution in [0, 0.1) is 5.82 Å². The lowest BCUT2D eigenvalue weighted by molar-refractivity contribution is 0.0972. The average Bonchev–Trinajstić information content (AvgIpc) is 2.05. The van der Waals surface area contributed by atoms with Crippen LogP contribution in [0.25, 0.3) is 0 Å². The standard InChI is InChI=1S/C9H10FNO/c1-2-4-8(12)9-7(10)5-3-6-11-9/h3,5-6H,2,4H2,1H3. The number of halogens is 1. The van der Waals surface area contributed by atoms with Gasteiger partial charge in [0.1, 0.15) is 5.69 Å². The second-order valence-corrected chi connectivity index (χ2v) is 2.51. The van der Waals surface area contributed by atoms with Crippen LogP contribution in [0.4, 0.5) is 4.39 Å². The van der Waals surface area contributed by atoms with Crippen molar-refractivity contribution in [1.29, 1.82) is 0 Å². The van der Waals surface area contributed by atoms with Gasteiger partial charge in [0.25, 0.3) is 0 Å². The fourth-order valence-corrected chi connectivity index (χ4v) is 0.936. The second-order valence-electron chi connectivity index (χ2n) is 2.51. The molecule has 0 N–H and O–H groups in total. The van der Waals surface area contributed by atoms with E-state index >= 15 is 0 Å². The first-order valence-corrected chi connectivity index (χ1v) is 3.89. The van der Waals surface area contributed by atoms with Gasteiger partial charge in [0, 0.05) is 12.6 Å². The van der Waals surface area contributed by atoms with Crippen molar-refractivity contribution < 1.29 is 9.18 Å². The molecule has 0 aliphatic carbocycles. The highest BCUT2D eigenvalue weighted by Gasteiger charge is 2.10. The van der Waals surface area contributed by atoms with Gasteiger partial charge in [0.15, 0.2) is 11.6 Å². The molecule has 0 amide bonds. The van der Waals surface area contributed by atoms with Crippen LogP contribution >= 0.6 is 0 Å². The van der Waals surface area contributed by atoms with Gasteiger partial charge in [-0.2, -0.15) is 0 Å². The van der Waals surface area contributed by atoms with Crippen LogP contribution in [-0.2, 0) is 0 Å². The normalized spacial score (nSPS) is 9.83. The summed E-state index contributed by atoms with van der Waals surface area (Å²) < 4.78 is 12.9. The van der Waals surface area contributed by atoms with Gasteiger partial charge in [0.05, 0.1) is 0 Å². The zero-order chi connectivity index (χ0) is 8.97. The molecule has 1 heterocycles. The zero-order valence-electron chi connectivity index (χ0n) is 6.88. The summed E-state index contributed by atoms with van der Waals surface area (Å²) >= 11 is 0. The molecular formula is C9H10FNO. The summed E-state index contributed by atoms with van der Waals surface area (Å²) in [5.74, 6) is -0.758. The van der Waals surface area contributed by atoms with Crippen molar-refractivity contribution in [1.82, 2.24) is 4.98 Å². The van der Waals surface area contributed by atoms with E-state index in [4.69, 9.17) is 0 Å². The molecule has 0 radical (unpaired) electrons. The van der Waals surface area contributed by atoms with Crippen LogP contribution in [0.1, 0.15) is 30.3 Å². The predicted molar refractivity (Wildman–Crippen MR) is 43.4 cm³/mol. The van der Waals surface area contributed by atoms with E-state index in [1.54, 1.807) is 0 Å². The number of rotatable bonds is 3. The summed E-state index contributed by atoms with van der Waals surface area (Å²) in [6, 6.07) is 2.72. The van der Waals surface area contributed by atoms with Crippen molar-refractivity contribution in [2.45, 2.75) is 19.8 Å². The molecule has 64 valence electrons. The van der Waals surface area contributed by atoms with Crippen LogP contribution < -0.4 is 0 Å². The Morgan fingerprint density at radius 2 is 2.42 bits per heavy atom. The molecule has 0 spiro atoms. The fraction of sp³-hybridized carbons (Fsp3) is 0.333. The lowest BCUT2D eigenvalue weighted by atomic mass is 10.1. The number of nitrogens with zero attached hydrogens (tertiary/aromatic N) is 1. The molecule has 0 saturated carbocycles. The van der Waals surface area contributed by atoms with Crippen molar-refractivity contribution in [3.63, 3.8) is 0 Å².